The minimum atomic E-state index is -4.68. The molecule has 3 rings (SSSR count). The van der Waals surface area contributed by atoms with Gasteiger partial charge in [-0.05, 0) is 49.1 Å². The fraction of sp³-hybridized carbons (Fsp3) is 0.500. The second-order valence-corrected chi connectivity index (χ2v) is 6.99. The molecule has 1 fully saturated rings. The maximum absolute atomic E-state index is 12.5. The van der Waals surface area contributed by atoms with E-state index in [0.29, 0.717) is 24.2 Å². The lowest BCUT2D eigenvalue weighted by Gasteiger charge is -2.35. The molecule has 1 aliphatic carbocycles. The predicted molar refractivity (Wildman–Crippen MR) is 99.8 cm³/mol. The number of alkyl halides is 3. The van der Waals surface area contributed by atoms with E-state index < -0.39 is 12.1 Å². The Balaban J connectivity index is 0.00000280. The molecule has 1 saturated carbocycles. The van der Waals surface area contributed by atoms with Gasteiger partial charge in [0.15, 0.2) is 0 Å². The number of nitrogens with one attached hydrogen (secondary N) is 1. The van der Waals surface area contributed by atoms with E-state index >= 15 is 0 Å². The lowest BCUT2D eigenvalue weighted by atomic mass is 9.71. The zero-order chi connectivity index (χ0) is 19.5. The summed E-state index contributed by atoms with van der Waals surface area (Å²) in [4.78, 5) is 15.7. The van der Waals surface area contributed by atoms with Gasteiger partial charge in [-0.2, -0.15) is 18.2 Å². The maximum Gasteiger partial charge on any atom is 0.471 e. The Kier molecular flexibility index (Phi) is 7.06. The molecule has 0 atom stereocenters. The molecule has 1 aliphatic rings. The van der Waals surface area contributed by atoms with Crippen molar-refractivity contribution in [1.29, 1.82) is 0 Å². The number of anilines is 1. The molecule has 154 valence electrons. The van der Waals surface area contributed by atoms with Gasteiger partial charge >= 0.3 is 12.1 Å². The van der Waals surface area contributed by atoms with Gasteiger partial charge in [0.1, 0.15) is 0 Å². The highest BCUT2D eigenvalue weighted by atomic mass is 35.5. The summed E-state index contributed by atoms with van der Waals surface area (Å²) in [5.41, 5.74) is 6.68. The van der Waals surface area contributed by atoms with Crippen LogP contribution in [0.2, 0.25) is 0 Å². The van der Waals surface area contributed by atoms with E-state index in [-0.39, 0.29) is 29.6 Å². The van der Waals surface area contributed by atoms with Gasteiger partial charge in [0, 0.05) is 17.7 Å². The molecule has 2 aromatic rings. The molecule has 0 aliphatic heterocycles. The lowest BCUT2D eigenvalue weighted by Crippen LogP contribution is -2.36. The van der Waals surface area contributed by atoms with Gasteiger partial charge in [-0.1, -0.05) is 24.4 Å². The summed E-state index contributed by atoms with van der Waals surface area (Å²) in [5, 5.41) is 6.15. The second-order valence-electron chi connectivity index (χ2n) is 6.99. The van der Waals surface area contributed by atoms with Crippen LogP contribution < -0.4 is 11.1 Å². The maximum atomic E-state index is 12.5. The zero-order valence-corrected chi connectivity index (χ0v) is 15.9. The van der Waals surface area contributed by atoms with E-state index in [0.717, 1.165) is 25.7 Å². The lowest BCUT2D eigenvalue weighted by molar-refractivity contribution is -0.159. The molecule has 3 N–H and O–H groups in total. The van der Waals surface area contributed by atoms with E-state index in [2.05, 4.69) is 20.0 Å². The Labute approximate surface area is 166 Å². The van der Waals surface area contributed by atoms with Crippen LogP contribution in [0.15, 0.2) is 28.8 Å². The van der Waals surface area contributed by atoms with Crippen molar-refractivity contribution in [2.75, 3.05) is 11.9 Å². The van der Waals surface area contributed by atoms with Crippen molar-refractivity contribution < 1.29 is 22.5 Å². The Morgan fingerprint density at radius 3 is 2.36 bits per heavy atom. The van der Waals surface area contributed by atoms with Gasteiger partial charge in [-0.15, -0.1) is 12.4 Å². The molecule has 10 heteroatoms. The largest absolute Gasteiger partial charge is 0.471 e. The van der Waals surface area contributed by atoms with Crippen LogP contribution in [0.4, 0.5) is 18.9 Å². The minimum Gasteiger partial charge on any atom is -0.330 e. The summed E-state index contributed by atoms with van der Waals surface area (Å²) in [6.45, 7) is 0.485. The Bertz CT molecular complexity index is 787. The molecule has 28 heavy (non-hydrogen) atoms. The molecule has 0 unspecified atom stereocenters. The van der Waals surface area contributed by atoms with Crippen molar-refractivity contribution in [2.45, 2.75) is 44.7 Å². The van der Waals surface area contributed by atoms with Crippen LogP contribution >= 0.6 is 12.4 Å². The third-order valence-electron chi connectivity index (χ3n) is 4.98. The molecule has 0 bridgehead atoms. The van der Waals surface area contributed by atoms with Crippen LogP contribution in [0.1, 0.15) is 44.4 Å². The van der Waals surface area contributed by atoms with E-state index in [9.17, 15) is 18.0 Å². The van der Waals surface area contributed by atoms with Crippen LogP contribution in [0.25, 0.3) is 11.4 Å². The summed E-state index contributed by atoms with van der Waals surface area (Å²) >= 11 is 0. The summed E-state index contributed by atoms with van der Waals surface area (Å²) in [6, 6.07) is 6.24. The van der Waals surface area contributed by atoms with E-state index in [1.165, 1.54) is 18.6 Å². The number of hydrogen-bond donors (Lipinski definition) is 2. The normalized spacial score (nSPS) is 16.3. The Morgan fingerprint density at radius 2 is 1.82 bits per heavy atom. The number of aromatic nitrogens is 2. The number of rotatable bonds is 5. The molecule has 0 radical (unpaired) electrons. The fourth-order valence-electron chi connectivity index (χ4n) is 3.46. The summed E-state index contributed by atoms with van der Waals surface area (Å²) in [7, 11) is 0. The smallest absolute Gasteiger partial charge is 0.330 e. The summed E-state index contributed by atoms with van der Waals surface area (Å²) in [6.07, 6.45) is 0.942. The monoisotopic (exact) mass is 418 g/mol. The van der Waals surface area contributed by atoms with Gasteiger partial charge in [0.25, 0.3) is 0 Å². The highest BCUT2D eigenvalue weighted by molar-refractivity contribution is 5.91. The summed E-state index contributed by atoms with van der Waals surface area (Å²) < 4.78 is 41.8. The molecular weight excluding hydrogens is 397 g/mol. The highest BCUT2D eigenvalue weighted by Gasteiger charge is 2.38. The number of amides is 1. The molecular formula is C18H22ClF3N4O2. The van der Waals surface area contributed by atoms with E-state index in [1.807, 2.05) is 0 Å². The van der Waals surface area contributed by atoms with Crippen molar-refractivity contribution in [1.82, 2.24) is 10.1 Å². The molecule has 1 aromatic heterocycles. The Hall–Kier alpha value is -2.13. The van der Waals surface area contributed by atoms with Gasteiger partial charge in [-0.25, -0.2) is 0 Å². The third-order valence-corrected chi connectivity index (χ3v) is 4.98. The summed E-state index contributed by atoms with van der Waals surface area (Å²) in [5.74, 6) is -1.67. The quantitative estimate of drug-likeness (QED) is 0.749. The number of nitrogens with zero attached hydrogens (tertiary/aromatic N) is 2. The van der Waals surface area contributed by atoms with E-state index in [4.69, 9.17) is 5.73 Å². The fourth-order valence-corrected chi connectivity index (χ4v) is 3.46. The number of halogens is 4. The topological polar surface area (TPSA) is 94.0 Å². The highest BCUT2D eigenvalue weighted by Crippen LogP contribution is 2.38. The van der Waals surface area contributed by atoms with Crippen molar-refractivity contribution >= 4 is 24.0 Å². The molecule has 1 amide bonds. The number of carbonyl (C=O) groups is 1. The molecule has 1 heterocycles. The first kappa shape index (κ1) is 22.2. The van der Waals surface area contributed by atoms with Crippen LogP contribution in [0, 0.1) is 5.41 Å². The van der Waals surface area contributed by atoms with Gasteiger partial charge < -0.3 is 15.6 Å². The van der Waals surface area contributed by atoms with Gasteiger partial charge in [0.05, 0.1) is 0 Å². The van der Waals surface area contributed by atoms with E-state index in [1.54, 1.807) is 12.1 Å². The third kappa shape index (κ3) is 5.23. The predicted octanol–water partition coefficient (Wildman–Crippen LogP) is 4.42. The molecule has 0 saturated heterocycles. The molecule has 1 aromatic carbocycles. The van der Waals surface area contributed by atoms with Gasteiger partial charge in [-0.3, -0.25) is 4.79 Å². The van der Waals surface area contributed by atoms with Crippen LogP contribution in [0.5, 0.6) is 0 Å². The number of benzene rings is 1. The average molecular weight is 419 g/mol. The van der Waals surface area contributed by atoms with Crippen LogP contribution in [0.3, 0.4) is 0 Å². The minimum absolute atomic E-state index is 0. The first-order valence-corrected chi connectivity index (χ1v) is 8.83. The zero-order valence-electron chi connectivity index (χ0n) is 15.1. The number of carbonyl (C=O) groups excluding carboxylic acids is 1. The first-order valence-electron chi connectivity index (χ1n) is 8.83. The first-order chi connectivity index (χ1) is 12.8. The van der Waals surface area contributed by atoms with Crippen molar-refractivity contribution in [3.63, 3.8) is 0 Å². The SMILES string of the molecule is Cl.NCC1(CC(=O)Nc2ccc(-c3noc(C(F)(F)F)n3)cc2)CCCCC1. The van der Waals surface area contributed by atoms with Crippen LogP contribution in [-0.4, -0.2) is 22.6 Å². The number of nitrogens with two attached hydrogens (primary N) is 1. The number of hydrogen-bond acceptors (Lipinski definition) is 5. The Morgan fingerprint density at radius 1 is 1.18 bits per heavy atom. The van der Waals surface area contributed by atoms with Crippen molar-refractivity contribution in [3.05, 3.63) is 30.2 Å². The molecule has 6 nitrogen and oxygen atoms in total. The van der Waals surface area contributed by atoms with Gasteiger partial charge in [0.2, 0.25) is 11.7 Å². The average Bonchev–Trinajstić information content (AvgIpc) is 3.13. The molecule has 0 spiro atoms. The second kappa shape index (κ2) is 8.91. The van der Waals surface area contributed by atoms with Crippen molar-refractivity contribution in [2.24, 2.45) is 11.1 Å². The standard InChI is InChI=1S/C18H21F3N4O2.ClH/c19-18(20,21)16-24-15(25-27-16)12-4-6-13(7-5-12)23-14(26)10-17(11-22)8-2-1-3-9-17;/h4-7H,1-3,8-11,22H2,(H,23,26);1H. The van der Waals surface area contributed by atoms with Crippen molar-refractivity contribution in [3.8, 4) is 11.4 Å². The van der Waals surface area contributed by atoms with Crippen LogP contribution in [-0.2, 0) is 11.0 Å².